The van der Waals surface area contributed by atoms with Gasteiger partial charge in [0.25, 0.3) is 0 Å². The minimum atomic E-state index is 0.928. The first-order chi connectivity index (χ1) is 17.8. The van der Waals surface area contributed by atoms with Gasteiger partial charge in [-0.05, 0) is 63.5 Å². The molecule has 1 nitrogen and oxygen atoms in total. The van der Waals surface area contributed by atoms with Gasteiger partial charge in [-0.15, -0.1) is 0 Å². The summed E-state index contributed by atoms with van der Waals surface area (Å²) < 4.78 is 6.32. The highest BCUT2D eigenvalue weighted by Crippen LogP contribution is 2.48. The fraction of sp³-hybridized carbons (Fsp3) is 0. The van der Waals surface area contributed by atoms with Crippen LogP contribution in [0.3, 0.4) is 0 Å². The summed E-state index contributed by atoms with van der Waals surface area (Å²) in [6.07, 6.45) is 0. The smallest absolute Gasteiger partial charge is 0.143 e. The molecule has 1 aliphatic rings. The van der Waals surface area contributed by atoms with Gasteiger partial charge in [-0.2, -0.15) is 0 Å². The van der Waals surface area contributed by atoms with Crippen LogP contribution in [0.5, 0.6) is 0 Å². The third kappa shape index (κ3) is 2.92. The summed E-state index contributed by atoms with van der Waals surface area (Å²) in [5.41, 5.74) is 9.23. The topological polar surface area (TPSA) is 13.1 Å². The molecule has 0 amide bonds. The molecule has 2 heterocycles. The molecule has 0 unspecified atom stereocenters. The Bertz CT molecular complexity index is 1970. The molecule has 0 fully saturated rings. The van der Waals surface area contributed by atoms with Crippen molar-refractivity contribution in [2.24, 2.45) is 0 Å². The Kier molecular flexibility index (Phi) is 4.22. The highest BCUT2D eigenvalue weighted by atomic mass is 32.2. The van der Waals surface area contributed by atoms with E-state index in [1.807, 2.05) is 23.9 Å². The molecule has 0 atom stereocenters. The van der Waals surface area contributed by atoms with Gasteiger partial charge in [-0.25, -0.2) is 0 Å². The van der Waals surface area contributed by atoms with Gasteiger partial charge in [0.1, 0.15) is 11.2 Å². The van der Waals surface area contributed by atoms with Gasteiger partial charge >= 0.3 is 0 Å². The van der Waals surface area contributed by atoms with Crippen LogP contribution in [0.2, 0.25) is 0 Å². The van der Waals surface area contributed by atoms with Crippen LogP contribution in [0.15, 0.2) is 136 Å². The molecule has 0 radical (unpaired) electrons. The number of hydrogen-bond acceptors (Lipinski definition) is 2. The van der Waals surface area contributed by atoms with E-state index in [1.165, 1.54) is 42.8 Å². The molecule has 0 saturated carbocycles. The van der Waals surface area contributed by atoms with Crippen molar-refractivity contribution in [2.75, 3.05) is 0 Å². The molecule has 1 aromatic heterocycles. The maximum absolute atomic E-state index is 6.32. The van der Waals surface area contributed by atoms with Crippen molar-refractivity contribution in [1.29, 1.82) is 0 Å². The summed E-state index contributed by atoms with van der Waals surface area (Å²) in [6.45, 7) is 0. The summed E-state index contributed by atoms with van der Waals surface area (Å²) in [7, 11) is 0. The molecule has 168 valence electrons. The van der Waals surface area contributed by atoms with Crippen LogP contribution in [0.1, 0.15) is 0 Å². The monoisotopic (exact) mass is 476 g/mol. The van der Waals surface area contributed by atoms with Crippen molar-refractivity contribution in [2.45, 2.75) is 9.79 Å². The molecule has 0 spiro atoms. The van der Waals surface area contributed by atoms with E-state index in [0.717, 1.165) is 33.1 Å². The van der Waals surface area contributed by atoms with Crippen LogP contribution >= 0.6 is 11.8 Å². The van der Waals surface area contributed by atoms with Crippen LogP contribution in [0.4, 0.5) is 0 Å². The van der Waals surface area contributed by atoms with Gasteiger partial charge in [0, 0.05) is 31.5 Å². The predicted octanol–water partition coefficient (Wildman–Crippen LogP) is 10.2. The molecule has 0 aliphatic carbocycles. The zero-order chi connectivity index (χ0) is 23.6. The second-order valence-corrected chi connectivity index (χ2v) is 10.4. The molecule has 2 heteroatoms. The zero-order valence-electron chi connectivity index (χ0n) is 19.4. The minimum absolute atomic E-state index is 0.928. The second-order valence-electron chi connectivity index (χ2n) is 9.33. The summed E-state index contributed by atoms with van der Waals surface area (Å²) >= 11 is 1.87. The lowest BCUT2D eigenvalue weighted by atomic mass is 9.93. The molecule has 36 heavy (non-hydrogen) atoms. The lowest BCUT2D eigenvalue weighted by Crippen LogP contribution is -1.93. The van der Waals surface area contributed by atoms with Crippen LogP contribution in [0, 0.1) is 0 Å². The van der Waals surface area contributed by atoms with Crippen molar-refractivity contribution in [1.82, 2.24) is 0 Å². The van der Waals surface area contributed by atoms with Crippen molar-refractivity contribution in [3.63, 3.8) is 0 Å². The van der Waals surface area contributed by atoms with Gasteiger partial charge in [-0.1, -0.05) is 103 Å². The van der Waals surface area contributed by atoms with Gasteiger partial charge in [0.15, 0.2) is 0 Å². The molecular weight excluding hydrogens is 456 g/mol. The zero-order valence-corrected chi connectivity index (χ0v) is 20.2. The van der Waals surface area contributed by atoms with Crippen molar-refractivity contribution >= 4 is 44.5 Å². The number of benzene rings is 6. The van der Waals surface area contributed by atoms with Gasteiger partial charge < -0.3 is 4.42 Å². The third-order valence-electron chi connectivity index (χ3n) is 7.27. The summed E-state index contributed by atoms with van der Waals surface area (Å²) in [6, 6.07) is 43.6. The summed E-state index contributed by atoms with van der Waals surface area (Å²) in [4.78, 5) is 2.65. The molecule has 7 aromatic rings. The molecule has 0 bridgehead atoms. The maximum Gasteiger partial charge on any atom is 0.143 e. The van der Waals surface area contributed by atoms with E-state index in [-0.39, 0.29) is 0 Å². The Balaban J connectivity index is 1.28. The molecule has 6 aromatic carbocycles. The first-order valence-corrected chi connectivity index (χ1v) is 13.0. The number of para-hydroxylation sites is 2. The summed E-state index contributed by atoms with van der Waals surface area (Å²) in [5.74, 6) is 0. The van der Waals surface area contributed by atoms with E-state index in [1.54, 1.807) is 0 Å². The fourth-order valence-electron chi connectivity index (χ4n) is 5.58. The Morgan fingerprint density at radius 2 is 1.22 bits per heavy atom. The summed E-state index contributed by atoms with van der Waals surface area (Å²) in [5, 5.41) is 4.98. The molecule has 8 rings (SSSR count). The quantitative estimate of drug-likeness (QED) is 0.246. The lowest BCUT2D eigenvalue weighted by Gasteiger charge is -2.21. The standard InChI is InChI=1S/C34H20OS/c1-2-15-30-26(11-1)28-14-6-12-25(34(28)35-30)24-10-3-9-22(19-24)23-17-18-31-29(20-23)27-13-4-7-21-8-5-16-32(36-31)33(21)27/h1-20H. The normalized spacial score (nSPS) is 12.3. The van der Waals surface area contributed by atoms with Crippen molar-refractivity contribution in [3.05, 3.63) is 121 Å². The van der Waals surface area contributed by atoms with E-state index in [2.05, 4.69) is 109 Å². The first-order valence-electron chi connectivity index (χ1n) is 12.2. The van der Waals surface area contributed by atoms with Gasteiger partial charge in [0.2, 0.25) is 0 Å². The Labute approximate surface area is 213 Å². The average Bonchev–Trinajstić information content (AvgIpc) is 3.32. The van der Waals surface area contributed by atoms with Crippen LogP contribution in [-0.2, 0) is 0 Å². The number of furan rings is 1. The van der Waals surface area contributed by atoms with E-state index < -0.39 is 0 Å². The maximum atomic E-state index is 6.32. The van der Waals surface area contributed by atoms with Crippen LogP contribution < -0.4 is 0 Å². The second kappa shape index (κ2) is 7.61. The Hall–Kier alpha value is -4.27. The first kappa shape index (κ1) is 20.0. The minimum Gasteiger partial charge on any atom is -0.455 e. The third-order valence-corrected chi connectivity index (χ3v) is 8.40. The fourth-order valence-corrected chi connectivity index (χ4v) is 6.71. The van der Waals surface area contributed by atoms with Gasteiger partial charge in [-0.3, -0.25) is 0 Å². The number of fused-ring (bicyclic) bond motifs is 5. The molecular formula is C34H20OS. The Morgan fingerprint density at radius 3 is 2.19 bits per heavy atom. The van der Waals surface area contributed by atoms with E-state index in [4.69, 9.17) is 4.42 Å². The van der Waals surface area contributed by atoms with E-state index in [0.29, 0.717) is 0 Å². The predicted molar refractivity (Wildman–Crippen MR) is 152 cm³/mol. The number of hydrogen-bond donors (Lipinski definition) is 0. The van der Waals surface area contributed by atoms with E-state index >= 15 is 0 Å². The molecule has 0 saturated heterocycles. The molecule has 0 N–H and O–H groups in total. The number of rotatable bonds is 2. The largest absolute Gasteiger partial charge is 0.455 e. The molecule has 1 aliphatic heterocycles. The van der Waals surface area contributed by atoms with Crippen LogP contribution in [0.25, 0.3) is 66.1 Å². The lowest BCUT2D eigenvalue weighted by molar-refractivity contribution is 0.670. The Morgan fingerprint density at radius 1 is 0.472 bits per heavy atom. The van der Waals surface area contributed by atoms with E-state index in [9.17, 15) is 0 Å². The van der Waals surface area contributed by atoms with Crippen molar-refractivity contribution < 1.29 is 4.42 Å². The van der Waals surface area contributed by atoms with Crippen LogP contribution in [-0.4, -0.2) is 0 Å². The average molecular weight is 477 g/mol. The SMILES string of the molecule is c1cc(-c2ccc3c(c2)-c2cccc4cccc(c24)S3)cc(-c2cccc3c2oc2ccccc23)c1. The van der Waals surface area contributed by atoms with Crippen molar-refractivity contribution in [3.8, 4) is 33.4 Å². The van der Waals surface area contributed by atoms with Gasteiger partial charge in [0.05, 0.1) is 0 Å². The highest BCUT2D eigenvalue weighted by Gasteiger charge is 2.19. The highest BCUT2D eigenvalue weighted by molar-refractivity contribution is 7.99.